The third kappa shape index (κ3) is 2.47. The Labute approximate surface area is 127 Å². The van der Waals surface area contributed by atoms with E-state index in [2.05, 4.69) is 21.8 Å². The van der Waals surface area contributed by atoms with Crippen LogP contribution < -0.4 is 0 Å². The molecule has 2 heterocycles. The van der Waals surface area contributed by atoms with Crippen molar-refractivity contribution >= 4 is 28.1 Å². The Morgan fingerprint density at radius 2 is 2.19 bits per heavy atom. The molecule has 1 fully saturated rings. The SMILES string of the molecule is O=C(c1ccc2[nH]ccc2c1)N(Cc1ccsc1)C1CC1. The highest BCUT2D eigenvalue weighted by Gasteiger charge is 2.33. The maximum atomic E-state index is 12.8. The van der Waals surface area contributed by atoms with E-state index in [1.807, 2.05) is 35.4 Å². The van der Waals surface area contributed by atoms with E-state index in [0.717, 1.165) is 35.9 Å². The summed E-state index contributed by atoms with van der Waals surface area (Å²) < 4.78 is 0. The minimum Gasteiger partial charge on any atom is -0.361 e. The molecule has 4 heteroatoms. The standard InChI is InChI=1S/C17H16N2OS/c20-17(14-1-4-16-13(9-14)5-7-18-16)19(15-2-3-15)10-12-6-8-21-11-12/h1,4-9,11,15,18H,2-3,10H2. The molecule has 2 aromatic heterocycles. The fourth-order valence-electron chi connectivity index (χ4n) is 2.68. The van der Waals surface area contributed by atoms with Crippen LogP contribution in [-0.4, -0.2) is 21.8 Å². The van der Waals surface area contributed by atoms with Gasteiger partial charge in [0.05, 0.1) is 0 Å². The number of amides is 1. The Bertz CT molecular complexity index is 771. The lowest BCUT2D eigenvalue weighted by Crippen LogP contribution is -2.32. The van der Waals surface area contributed by atoms with Gasteiger partial charge in [0.15, 0.2) is 0 Å². The number of H-pyrrole nitrogens is 1. The summed E-state index contributed by atoms with van der Waals surface area (Å²) in [5.74, 6) is 0.145. The number of fused-ring (bicyclic) bond motifs is 1. The molecule has 0 aliphatic heterocycles. The van der Waals surface area contributed by atoms with E-state index in [1.165, 1.54) is 5.56 Å². The summed E-state index contributed by atoms with van der Waals surface area (Å²) in [5.41, 5.74) is 3.08. The zero-order valence-electron chi connectivity index (χ0n) is 11.6. The summed E-state index contributed by atoms with van der Waals surface area (Å²) in [4.78, 5) is 18.0. The molecule has 1 N–H and O–H groups in total. The van der Waals surface area contributed by atoms with Crippen LogP contribution in [0.1, 0.15) is 28.8 Å². The number of carbonyl (C=O) groups excluding carboxylic acids is 1. The van der Waals surface area contributed by atoms with Crippen molar-refractivity contribution < 1.29 is 4.79 Å². The van der Waals surface area contributed by atoms with Gasteiger partial charge in [-0.3, -0.25) is 4.79 Å². The molecule has 0 saturated heterocycles. The summed E-state index contributed by atoms with van der Waals surface area (Å²) in [6.07, 6.45) is 4.16. The van der Waals surface area contributed by atoms with Crippen LogP contribution in [0.4, 0.5) is 0 Å². The van der Waals surface area contributed by atoms with Gasteiger partial charge in [0.25, 0.3) is 5.91 Å². The number of nitrogens with one attached hydrogen (secondary N) is 1. The lowest BCUT2D eigenvalue weighted by molar-refractivity contribution is 0.0730. The van der Waals surface area contributed by atoms with Gasteiger partial charge < -0.3 is 9.88 Å². The molecule has 1 amide bonds. The van der Waals surface area contributed by atoms with Crippen molar-refractivity contribution in [2.45, 2.75) is 25.4 Å². The molecule has 1 saturated carbocycles. The largest absolute Gasteiger partial charge is 0.361 e. The van der Waals surface area contributed by atoms with Crippen molar-refractivity contribution in [2.24, 2.45) is 0 Å². The molecule has 0 unspecified atom stereocenters. The third-order valence-electron chi connectivity index (χ3n) is 3.98. The van der Waals surface area contributed by atoms with Crippen LogP contribution in [0.15, 0.2) is 47.3 Å². The van der Waals surface area contributed by atoms with E-state index < -0.39 is 0 Å². The normalized spacial score (nSPS) is 14.5. The van der Waals surface area contributed by atoms with Crippen LogP contribution in [-0.2, 0) is 6.54 Å². The van der Waals surface area contributed by atoms with Gasteiger partial charge in [0.1, 0.15) is 0 Å². The summed E-state index contributed by atoms with van der Waals surface area (Å²) >= 11 is 1.68. The minimum atomic E-state index is 0.145. The van der Waals surface area contributed by atoms with Crippen molar-refractivity contribution in [1.29, 1.82) is 0 Å². The summed E-state index contributed by atoms with van der Waals surface area (Å²) in [6.45, 7) is 0.720. The molecule has 1 aliphatic rings. The molecule has 21 heavy (non-hydrogen) atoms. The molecule has 0 atom stereocenters. The second kappa shape index (κ2) is 5.04. The number of hydrogen-bond donors (Lipinski definition) is 1. The Morgan fingerprint density at radius 3 is 2.95 bits per heavy atom. The van der Waals surface area contributed by atoms with Gasteiger partial charge in [0, 0.05) is 35.2 Å². The van der Waals surface area contributed by atoms with E-state index in [0.29, 0.717) is 6.04 Å². The van der Waals surface area contributed by atoms with Crippen molar-refractivity contribution in [3.63, 3.8) is 0 Å². The molecule has 1 aromatic carbocycles. The molecular formula is C17H16N2OS. The number of rotatable bonds is 4. The number of benzene rings is 1. The van der Waals surface area contributed by atoms with Crippen LogP contribution in [0, 0.1) is 0 Å². The monoisotopic (exact) mass is 296 g/mol. The number of nitrogens with zero attached hydrogens (tertiary/aromatic N) is 1. The maximum absolute atomic E-state index is 12.8. The Kier molecular flexibility index (Phi) is 3.04. The predicted molar refractivity (Wildman–Crippen MR) is 85.5 cm³/mol. The first-order chi connectivity index (χ1) is 10.3. The van der Waals surface area contributed by atoms with Crippen LogP contribution >= 0.6 is 11.3 Å². The highest BCUT2D eigenvalue weighted by molar-refractivity contribution is 7.07. The number of carbonyl (C=O) groups is 1. The lowest BCUT2D eigenvalue weighted by atomic mass is 10.1. The van der Waals surface area contributed by atoms with Crippen LogP contribution in [0.25, 0.3) is 10.9 Å². The first-order valence-corrected chi connectivity index (χ1v) is 8.15. The van der Waals surface area contributed by atoms with Crippen molar-refractivity contribution in [3.8, 4) is 0 Å². The average molecular weight is 296 g/mol. The zero-order valence-corrected chi connectivity index (χ0v) is 12.4. The molecule has 1 aliphatic carbocycles. The number of aromatic amines is 1. The molecule has 3 nitrogen and oxygen atoms in total. The van der Waals surface area contributed by atoms with E-state index in [9.17, 15) is 4.79 Å². The zero-order chi connectivity index (χ0) is 14.2. The van der Waals surface area contributed by atoms with Crippen molar-refractivity contribution in [2.75, 3.05) is 0 Å². The Morgan fingerprint density at radius 1 is 1.29 bits per heavy atom. The predicted octanol–water partition coefficient (Wildman–Crippen LogP) is 4.03. The quantitative estimate of drug-likeness (QED) is 0.775. The summed E-state index contributed by atoms with van der Waals surface area (Å²) in [6, 6.07) is 10.4. The first-order valence-electron chi connectivity index (χ1n) is 7.20. The number of thiophene rings is 1. The fraction of sp³-hybridized carbons (Fsp3) is 0.235. The van der Waals surface area contributed by atoms with Gasteiger partial charge in [-0.1, -0.05) is 0 Å². The molecule has 0 radical (unpaired) electrons. The number of hydrogen-bond acceptors (Lipinski definition) is 2. The van der Waals surface area contributed by atoms with E-state index in [1.54, 1.807) is 11.3 Å². The highest BCUT2D eigenvalue weighted by atomic mass is 32.1. The first kappa shape index (κ1) is 12.7. The van der Waals surface area contributed by atoms with E-state index in [4.69, 9.17) is 0 Å². The third-order valence-corrected chi connectivity index (χ3v) is 4.71. The topological polar surface area (TPSA) is 36.1 Å². The van der Waals surface area contributed by atoms with Gasteiger partial charge in [-0.2, -0.15) is 11.3 Å². The molecule has 0 spiro atoms. The van der Waals surface area contributed by atoms with Crippen LogP contribution in [0.2, 0.25) is 0 Å². The highest BCUT2D eigenvalue weighted by Crippen LogP contribution is 2.30. The molecule has 106 valence electrons. The second-order valence-electron chi connectivity index (χ2n) is 5.58. The Balaban J connectivity index is 1.63. The van der Waals surface area contributed by atoms with Crippen LogP contribution in [0.5, 0.6) is 0 Å². The number of aromatic nitrogens is 1. The second-order valence-corrected chi connectivity index (χ2v) is 6.36. The van der Waals surface area contributed by atoms with Gasteiger partial charge in [-0.05, 0) is 59.5 Å². The van der Waals surface area contributed by atoms with Gasteiger partial charge >= 0.3 is 0 Å². The van der Waals surface area contributed by atoms with E-state index in [-0.39, 0.29) is 5.91 Å². The smallest absolute Gasteiger partial charge is 0.254 e. The lowest BCUT2D eigenvalue weighted by Gasteiger charge is -2.22. The molecule has 3 aromatic rings. The molecule has 0 bridgehead atoms. The maximum Gasteiger partial charge on any atom is 0.254 e. The van der Waals surface area contributed by atoms with Crippen molar-refractivity contribution in [1.82, 2.24) is 9.88 Å². The van der Waals surface area contributed by atoms with Gasteiger partial charge in [-0.15, -0.1) is 0 Å². The summed E-state index contributed by atoms with van der Waals surface area (Å²) in [5, 5.41) is 5.28. The summed E-state index contributed by atoms with van der Waals surface area (Å²) in [7, 11) is 0. The molecule has 4 rings (SSSR count). The van der Waals surface area contributed by atoms with Gasteiger partial charge in [-0.25, -0.2) is 0 Å². The van der Waals surface area contributed by atoms with E-state index >= 15 is 0 Å². The van der Waals surface area contributed by atoms with Crippen LogP contribution in [0.3, 0.4) is 0 Å². The average Bonchev–Trinajstić information content (AvgIpc) is 3.02. The Hall–Kier alpha value is -2.07. The van der Waals surface area contributed by atoms with Crippen molar-refractivity contribution in [3.05, 3.63) is 58.4 Å². The molecular weight excluding hydrogens is 280 g/mol. The van der Waals surface area contributed by atoms with Gasteiger partial charge in [0.2, 0.25) is 0 Å². The fourth-order valence-corrected chi connectivity index (χ4v) is 3.34. The minimum absolute atomic E-state index is 0.145.